The largest absolute Gasteiger partial charge is 0.458 e. The van der Waals surface area contributed by atoms with Crippen molar-refractivity contribution in [1.29, 1.82) is 0 Å². The summed E-state index contributed by atoms with van der Waals surface area (Å²) < 4.78 is 92.3. The Morgan fingerprint density at radius 1 is 1.00 bits per heavy atom. The summed E-state index contributed by atoms with van der Waals surface area (Å²) in [6, 6.07) is 6.49. The number of hydrogen-bond donors (Lipinski definition) is 2. The molecule has 0 radical (unpaired) electrons. The molecule has 0 aliphatic heterocycles. The molecular weight excluding hydrogens is 433 g/mol. The number of halogens is 5. The number of aliphatic imine (C=N–C) groups is 1. The van der Waals surface area contributed by atoms with Gasteiger partial charge in [0.05, 0.1) is 10.5 Å². The summed E-state index contributed by atoms with van der Waals surface area (Å²) in [6.45, 7) is 1.70. The van der Waals surface area contributed by atoms with Crippen LogP contribution in [0.25, 0.3) is 11.1 Å². The van der Waals surface area contributed by atoms with Crippen LogP contribution in [0.2, 0.25) is 0 Å². The van der Waals surface area contributed by atoms with Crippen molar-refractivity contribution in [2.24, 2.45) is 16.5 Å². The van der Waals surface area contributed by atoms with E-state index in [0.29, 0.717) is 12.1 Å². The quantitative estimate of drug-likeness (QED) is 0.423. The molecule has 2 rings (SSSR count). The van der Waals surface area contributed by atoms with Gasteiger partial charge < -0.3 is 11.5 Å². The van der Waals surface area contributed by atoms with Crippen LogP contribution in [0.15, 0.2) is 46.3 Å². The minimum absolute atomic E-state index is 0.0566. The van der Waals surface area contributed by atoms with Crippen LogP contribution >= 0.6 is 0 Å². The fourth-order valence-electron chi connectivity index (χ4n) is 2.61. The van der Waals surface area contributed by atoms with Gasteiger partial charge in [0.2, 0.25) is 0 Å². The number of nitrogens with zero attached hydrogens (tertiary/aromatic N) is 1. The van der Waals surface area contributed by atoms with Gasteiger partial charge in [0, 0.05) is 17.4 Å². The van der Waals surface area contributed by atoms with E-state index in [1.807, 2.05) is 0 Å². The van der Waals surface area contributed by atoms with E-state index in [4.69, 9.17) is 11.5 Å². The number of carbonyl (C=O) groups is 1. The highest BCUT2D eigenvalue weighted by Crippen LogP contribution is 2.47. The monoisotopic (exact) mass is 449 g/mol. The van der Waals surface area contributed by atoms with Crippen molar-refractivity contribution in [3.8, 4) is 11.1 Å². The number of amides is 1. The first-order chi connectivity index (χ1) is 13.6. The zero-order valence-corrected chi connectivity index (χ0v) is 16.4. The Labute approximate surface area is 168 Å². The molecule has 0 spiro atoms. The molecule has 30 heavy (non-hydrogen) atoms. The van der Waals surface area contributed by atoms with E-state index in [-0.39, 0.29) is 5.56 Å². The highest BCUT2D eigenvalue weighted by atomic mass is 32.2. The second-order valence-corrected chi connectivity index (χ2v) is 8.43. The van der Waals surface area contributed by atoms with E-state index < -0.39 is 55.4 Å². The van der Waals surface area contributed by atoms with Crippen molar-refractivity contribution in [1.82, 2.24) is 0 Å². The molecule has 0 saturated heterocycles. The molecule has 0 bridgehead atoms. The number of guanidine groups is 1. The fourth-order valence-corrected chi connectivity index (χ4v) is 3.52. The summed E-state index contributed by atoms with van der Waals surface area (Å²) in [6.07, 6.45) is -5.35. The number of hydrogen-bond acceptors (Lipinski definition) is 3. The summed E-state index contributed by atoms with van der Waals surface area (Å²) in [5.41, 5.74) is 7.33. The maximum atomic E-state index is 14.3. The van der Waals surface area contributed by atoms with Crippen LogP contribution in [0.1, 0.15) is 21.5 Å². The van der Waals surface area contributed by atoms with E-state index in [1.54, 1.807) is 6.92 Å². The lowest BCUT2D eigenvalue weighted by Gasteiger charge is -2.23. The van der Waals surface area contributed by atoms with Gasteiger partial charge in [0.1, 0.15) is 0 Å². The molecule has 2 aromatic carbocycles. The standard InChI is InChI=1S/C18H16F5N3O3S/c1-9-3-5-10(6-4-9)11-7-13(17(19,20)18(21,22)23)12(15(27)26-16(24)25)8-14(11)30(2,28)29/h3-8H,1-2H3,(H4,24,25,26,27). The third-order valence-electron chi connectivity index (χ3n) is 4.04. The van der Waals surface area contributed by atoms with Crippen LogP contribution in [-0.2, 0) is 15.8 Å². The minimum Gasteiger partial charge on any atom is -0.370 e. The van der Waals surface area contributed by atoms with Crippen molar-refractivity contribution < 1.29 is 35.2 Å². The van der Waals surface area contributed by atoms with Gasteiger partial charge in [-0.1, -0.05) is 29.8 Å². The lowest BCUT2D eigenvalue weighted by atomic mass is 9.94. The number of rotatable bonds is 4. The summed E-state index contributed by atoms with van der Waals surface area (Å²) >= 11 is 0. The minimum atomic E-state index is -6.07. The van der Waals surface area contributed by atoms with Crippen molar-refractivity contribution in [3.05, 3.63) is 53.1 Å². The Hall–Kier alpha value is -3.02. The molecule has 12 heteroatoms. The SMILES string of the molecule is Cc1ccc(-c2cc(C(F)(F)C(F)(F)F)c(C(=O)N=C(N)N)cc2S(C)(=O)=O)cc1. The van der Waals surface area contributed by atoms with Gasteiger partial charge >= 0.3 is 12.1 Å². The van der Waals surface area contributed by atoms with Crippen LogP contribution in [0.5, 0.6) is 0 Å². The van der Waals surface area contributed by atoms with Gasteiger partial charge in [0.15, 0.2) is 15.8 Å². The zero-order valence-electron chi connectivity index (χ0n) is 15.6. The molecule has 0 aliphatic carbocycles. The Morgan fingerprint density at radius 3 is 1.97 bits per heavy atom. The molecule has 1 amide bonds. The Bertz CT molecular complexity index is 1120. The number of carbonyl (C=O) groups excluding carboxylic acids is 1. The number of benzene rings is 2. The zero-order chi connectivity index (χ0) is 23.1. The first-order valence-corrected chi connectivity index (χ1v) is 9.99. The van der Waals surface area contributed by atoms with E-state index in [1.165, 1.54) is 24.3 Å². The van der Waals surface area contributed by atoms with E-state index >= 15 is 0 Å². The molecular formula is C18H16F5N3O3S. The second kappa shape index (κ2) is 7.67. The molecule has 0 aromatic heterocycles. The smallest absolute Gasteiger partial charge is 0.370 e. The van der Waals surface area contributed by atoms with Gasteiger partial charge in [-0.3, -0.25) is 4.79 Å². The highest BCUT2D eigenvalue weighted by molar-refractivity contribution is 7.90. The number of aryl methyl sites for hydroxylation is 1. The summed E-state index contributed by atoms with van der Waals surface area (Å²) in [4.78, 5) is 14.5. The first-order valence-electron chi connectivity index (χ1n) is 8.10. The molecule has 0 heterocycles. The van der Waals surface area contributed by atoms with E-state index in [9.17, 15) is 35.2 Å². The topological polar surface area (TPSA) is 116 Å². The fraction of sp³-hybridized carbons (Fsp3) is 0.222. The average Bonchev–Trinajstić information content (AvgIpc) is 2.59. The summed E-state index contributed by atoms with van der Waals surface area (Å²) in [5.74, 6) is -8.04. The number of sulfone groups is 1. The lowest BCUT2D eigenvalue weighted by Crippen LogP contribution is -2.35. The van der Waals surface area contributed by atoms with Crippen LogP contribution in [0, 0.1) is 6.92 Å². The van der Waals surface area contributed by atoms with Crippen molar-refractivity contribution in [2.45, 2.75) is 23.9 Å². The molecule has 2 aromatic rings. The van der Waals surface area contributed by atoms with Crippen LogP contribution in [0.3, 0.4) is 0 Å². The predicted molar refractivity (Wildman–Crippen MR) is 99.8 cm³/mol. The third kappa shape index (κ3) is 4.58. The van der Waals surface area contributed by atoms with E-state index in [0.717, 1.165) is 11.8 Å². The van der Waals surface area contributed by atoms with Crippen molar-refractivity contribution in [3.63, 3.8) is 0 Å². The third-order valence-corrected chi connectivity index (χ3v) is 5.17. The van der Waals surface area contributed by atoms with Crippen LogP contribution in [0.4, 0.5) is 22.0 Å². The Balaban J connectivity index is 3.01. The molecule has 4 N–H and O–H groups in total. The first kappa shape index (κ1) is 23.3. The van der Waals surface area contributed by atoms with Crippen molar-refractivity contribution >= 4 is 21.7 Å². The van der Waals surface area contributed by atoms with Gasteiger partial charge in [0.25, 0.3) is 5.91 Å². The normalized spacial score (nSPS) is 12.5. The van der Waals surface area contributed by atoms with Crippen molar-refractivity contribution in [2.75, 3.05) is 6.26 Å². The molecule has 0 aliphatic rings. The Morgan fingerprint density at radius 2 is 1.53 bits per heavy atom. The van der Waals surface area contributed by atoms with Gasteiger partial charge in [-0.05, 0) is 24.6 Å². The Kier molecular flexibility index (Phi) is 5.95. The van der Waals surface area contributed by atoms with Gasteiger partial charge in [-0.25, -0.2) is 8.42 Å². The van der Waals surface area contributed by atoms with Gasteiger partial charge in [-0.15, -0.1) is 0 Å². The average molecular weight is 449 g/mol. The molecule has 0 fully saturated rings. The highest BCUT2D eigenvalue weighted by Gasteiger charge is 2.60. The molecule has 0 atom stereocenters. The van der Waals surface area contributed by atoms with E-state index in [2.05, 4.69) is 4.99 Å². The van der Waals surface area contributed by atoms with Gasteiger partial charge in [-0.2, -0.15) is 26.9 Å². The maximum Gasteiger partial charge on any atom is 0.458 e. The maximum absolute atomic E-state index is 14.3. The number of nitrogens with two attached hydrogens (primary N) is 2. The molecule has 0 saturated carbocycles. The van der Waals surface area contributed by atoms with Crippen LogP contribution < -0.4 is 11.5 Å². The summed E-state index contributed by atoms with van der Waals surface area (Å²) in [5, 5.41) is 0. The van der Waals surface area contributed by atoms with Crippen LogP contribution in [-0.4, -0.2) is 32.7 Å². The molecule has 6 nitrogen and oxygen atoms in total. The molecule has 0 unspecified atom stereocenters. The lowest BCUT2D eigenvalue weighted by molar-refractivity contribution is -0.289. The summed E-state index contributed by atoms with van der Waals surface area (Å²) in [7, 11) is -4.16. The molecule has 162 valence electrons. The predicted octanol–water partition coefficient (Wildman–Crippen LogP) is 3.13. The number of alkyl halides is 5. The second-order valence-electron chi connectivity index (χ2n) is 6.45.